The van der Waals surface area contributed by atoms with Gasteiger partial charge in [0.05, 0.1) is 10.6 Å². The van der Waals surface area contributed by atoms with E-state index in [4.69, 9.17) is 4.42 Å². The van der Waals surface area contributed by atoms with Crippen molar-refractivity contribution in [2.75, 3.05) is 12.3 Å². The van der Waals surface area contributed by atoms with E-state index in [-0.39, 0.29) is 5.91 Å². The molecule has 2 aliphatic rings. The molecule has 1 amide bonds. The molecular weight excluding hydrogens is 378 g/mol. The van der Waals surface area contributed by atoms with Crippen molar-refractivity contribution >= 4 is 29.0 Å². The lowest BCUT2D eigenvalue weighted by atomic mass is 9.90. The summed E-state index contributed by atoms with van der Waals surface area (Å²) < 4.78 is 5.85. The fourth-order valence-electron chi connectivity index (χ4n) is 4.14. The Morgan fingerprint density at radius 2 is 2.26 bits per heavy atom. The van der Waals surface area contributed by atoms with E-state index < -0.39 is 0 Å². The first-order valence-corrected chi connectivity index (χ1v) is 11.8. The van der Waals surface area contributed by atoms with Crippen molar-refractivity contribution in [3.63, 3.8) is 0 Å². The van der Waals surface area contributed by atoms with Gasteiger partial charge in [-0.25, -0.2) is 0 Å². The Morgan fingerprint density at radius 3 is 3.11 bits per heavy atom. The molecule has 0 spiro atoms. The highest BCUT2D eigenvalue weighted by Gasteiger charge is 2.26. The summed E-state index contributed by atoms with van der Waals surface area (Å²) >= 11 is 3.13. The number of piperidine rings is 1. The second-order valence-corrected chi connectivity index (χ2v) is 9.78. The second-order valence-electron chi connectivity index (χ2n) is 7.71. The van der Waals surface area contributed by atoms with E-state index in [1.165, 1.54) is 35.0 Å². The maximum Gasteiger partial charge on any atom is 0.277 e. The van der Waals surface area contributed by atoms with Crippen molar-refractivity contribution in [1.29, 1.82) is 0 Å². The Morgan fingerprint density at radius 1 is 1.37 bits per heavy atom. The van der Waals surface area contributed by atoms with Gasteiger partial charge in [0.25, 0.3) is 11.1 Å². The number of thioether (sulfide) groups is 1. The number of aryl methyl sites for hydroxylation is 1. The fourth-order valence-corrected chi connectivity index (χ4v) is 5.92. The third-order valence-corrected chi connectivity index (χ3v) is 7.71. The number of aromatic nitrogens is 2. The Kier molecular flexibility index (Phi) is 5.88. The van der Waals surface area contributed by atoms with E-state index in [9.17, 15) is 4.79 Å². The number of fused-ring (bicyclic) bond motifs is 1. The molecule has 4 rings (SSSR count). The number of rotatable bonds is 5. The molecule has 0 radical (unpaired) electrons. The highest BCUT2D eigenvalue weighted by Crippen LogP contribution is 2.37. The molecule has 7 heteroatoms. The van der Waals surface area contributed by atoms with Gasteiger partial charge < -0.3 is 9.32 Å². The van der Waals surface area contributed by atoms with Crippen molar-refractivity contribution in [1.82, 2.24) is 15.1 Å². The summed E-state index contributed by atoms with van der Waals surface area (Å²) in [5.74, 6) is 1.89. The first-order valence-electron chi connectivity index (χ1n) is 10.0. The van der Waals surface area contributed by atoms with E-state index in [1.54, 1.807) is 11.3 Å². The molecule has 0 aromatic carbocycles. The summed E-state index contributed by atoms with van der Waals surface area (Å²) in [6, 6.07) is 2.60. The highest BCUT2D eigenvalue weighted by molar-refractivity contribution is 7.99. The van der Waals surface area contributed by atoms with Gasteiger partial charge in [0, 0.05) is 17.5 Å². The van der Waals surface area contributed by atoms with Gasteiger partial charge in [-0.3, -0.25) is 4.79 Å². The molecule has 2 aromatic heterocycles. The summed E-state index contributed by atoms with van der Waals surface area (Å²) in [5.41, 5.74) is 1.44. The Hall–Kier alpha value is -1.34. The maximum absolute atomic E-state index is 12.6. The largest absolute Gasteiger partial charge is 0.410 e. The SMILES string of the molecule is CC[C@H]1CCCCN1C(=O)CSc1nnc(-c2cc3c(s2)CC[C@H](C)C3)o1. The highest BCUT2D eigenvalue weighted by atomic mass is 32.2. The van der Waals surface area contributed by atoms with Crippen molar-refractivity contribution in [3.05, 3.63) is 16.5 Å². The van der Waals surface area contributed by atoms with Crippen LogP contribution >= 0.6 is 23.1 Å². The zero-order valence-electron chi connectivity index (χ0n) is 16.1. The van der Waals surface area contributed by atoms with Crippen LogP contribution in [0.4, 0.5) is 0 Å². The average molecular weight is 406 g/mol. The van der Waals surface area contributed by atoms with Gasteiger partial charge in [0.15, 0.2) is 0 Å². The second kappa shape index (κ2) is 8.35. The first kappa shape index (κ1) is 19.0. The van der Waals surface area contributed by atoms with Crippen LogP contribution in [0.2, 0.25) is 0 Å². The Balaban J connectivity index is 1.38. The van der Waals surface area contributed by atoms with E-state index >= 15 is 0 Å². The van der Waals surface area contributed by atoms with Crippen LogP contribution in [0, 0.1) is 5.92 Å². The molecule has 1 fully saturated rings. The standard InChI is InChI=1S/C20H27N3O2S2/c1-3-15-6-4-5-9-23(15)18(24)12-26-20-22-21-19(25-20)17-11-14-10-13(2)7-8-16(14)27-17/h11,13,15H,3-10,12H2,1-2H3/t13-,15-/m0/s1. The van der Waals surface area contributed by atoms with Gasteiger partial charge in [-0.05, 0) is 62.5 Å². The van der Waals surface area contributed by atoms with Crippen LogP contribution < -0.4 is 0 Å². The predicted molar refractivity (Wildman–Crippen MR) is 109 cm³/mol. The molecule has 27 heavy (non-hydrogen) atoms. The average Bonchev–Trinajstić information content (AvgIpc) is 3.32. The molecule has 0 unspecified atom stereocenters. The molecule has 0 bridgehead atoms. The van der Waals surface area contributed by atoms with Crippen LogP contribution in [0.5, 0.6) is 0 Å². The van der Waals surface area contributed by atoms with Gasteiger partial charge in [-0.15, -0.1) is 21.5 Å². The zero-order valence-corrected chi connectivity index (χ0v) is 17.7. The summed E-state index contributed by atoms with van der Waals surface area (Å²) in [5, 5.41) is 8.86. The lowest BCUT2D eigenvalue weighted by molar-refractivity contribution is -0.132. The lowest BCUT2D eigenvalue weighted by Gasteiger charge is -2.35. The number of carbonyl (C=O) groups is 1. The minimum absolute atomic E-state index is 0.187. The quantitative estimate of drug-likeness (QED) is 0.668. The molecule has 1 aliphatic heterocycles. The van der Waals surface area contributed by atoms with E-state index in [0.29, 0.717) is 22.9 Å². The number of nitrogens with zero attached hydrogens (tertiary/aromatic N) is 3. The van der Waals surface area contributed by atoms with Crippen LogP contribution in [0.15, 0.2) is 15.7 Å². The number of hydrogen-bond acceptors (Lipinski definition) is 6. The van der Waals surface area contributed by atoms with Gasteiger partial charge in [-0.2, -0.15) is 0 Å². The molecule has 1 saturated heterocycles. The molecule has 2 aromatic rings. The summed E-state index contributed by atoms with van der Waals surface area (Å²) in [7, 11) is 0. The maximum atomic E-state index is 12.6. The van der Waals surface area contributed by atoms with E-state index in [2.05, 4.69) is 30.1 Å². The monoisotopic (exact) mass is 405 g/mol. The van der Waals surface area contributed by atoms with Crippen LogP contribution in [0.1, 0.15) is 56.4 Å². The topological polar surface area (TPSA) is 59.2 Å². The molecule has 2 atom stereocenters. The lowest BCUT2D eigenvalue weighted by Crippen LogP contribution is -2.44. The van der Waals surface area contributed by atoms with Gasteiger partial charge in [0.2, 0.25) is 5.91 Å². The van der Waals surface area contributed by atoms with Gasteiger partial charge in [-0.1, -0.05) is 25.6 Å². The third kappa shape index (κ3) is 4.24. The van der Waals surface area contributed by atoms with Crippen LogP contribution in [-0.4, -0.2) is 39.3 Å². The van der Waals surface area contributed by atoms with Crippen LogP contribution in [0.3, 0.4) is 0 Å². The molecule has 0 saturated carbocycles. The fraction of sp³-hybridized carbons (Fsp3) is 0.650. The van der Waals surface area contributed by atoms with E-state index in [1.807, 2.05) is 4.90 Å². The smallest absolute Gasteiger partial charge is 0.277 e. The minimum atomic E-state index is 0.187. The summed E-state index contributed by atoms with van der Waals surface area (Å²) in [6.45, 7) is 5.35. The van der Waals surface area contributed by atoms with Crippen molar-refractivity contribution in [2.24, 2.45) is 5.92 Å². The molecule has 146 valence electrons. The molecule has 1 aliphatic carbocycles. The predicted octanol–water partition coefficient (Wildman–Crippen LogP) is 4.81. The molecule has 3 heterocycles. The number of carbonyl (C=O) groups excluding carboxylic acids is 1. The molecule has 5 nitrogen and oxygen atoms in total. The van der Waals surface area contributed by atoms with E-state index in [0.717, 1.165) is 49.4 Å². The molecule has 0 N–H and O–H groups in total. The summed E-state index contributed by atoms with van der Waals surface area (Å²) in [4.78, 5) is 17.2. The number of hydrogen-bond donors (Lipinski definition) is 0. The minimum Gasteiger partial charge on any atom is -0.410 e. The summed E-state index contributed by atoms with van der Waals surface area (Å²) in [6.07, 6.45) is 8.05. The van der Waals surface area contributed by atoms with Crippen LogP contribution in [-0.2, 0) is 17.6 Å². The van der Waals surface area contributed by atoms with Gasteiger partial charge >= 0.3 is 0 Å². The molecular formula is C20H27N3O2S2. The van der Waals surface area contributed by atoms with Gasteiger partial charge in [0.1, 0.15) is 0 Å². The third-order valence-electron chi connectivity index (χ3n) is 5.68. The first-order chi connectivity index (χ1) is 13.1. The van der Waals surface area contributed by atoms with Crippen molar-refractivity contribution < 1.29 is 9.21 Å². The number of thiophene rings is 1. The Bertz CT molecular complexity index is 801. The zero-order chi connectivity index (χ0) is 18.8. The van der Waals surface area contributed by atoms with Crippen LogP contribution in [0.25, 0.3) is 10.8 Å². The number of amides is 1. The Labute approximate surface area is 168 Å². The van der Waals surface area contributed by atoms with Crippen molar-refractivity contribution in [2.45, 2.75) is 70.1 Å². The van der Waals surface area contributed by atoms with Crippen molar-refractivity contribution in [3.8, 4) is 10.8 Å². The number of likely N-dealkylation sites (tertiary alicyclic amines) is 1. The normalized spacial score (nSPS) is 22.7.